The molecule has 0 saturated carbocycles. The molecule has 0 saturated heterocycles. The van der Waals surface area contributed by atoms with Gasteiger partial charge in [-0.05, 0) is 31.5 Å². The molecule has 1 aromatic carbocycles. The first-order valence-corrected chi connectivity index (χ1v) is 9.65. The van der Waals surface area contributed by atoms with Gasteiger partial charge in [-0.3, -0.25) is 18.5 Å². The van der Waals surface area contributed by atoms with Gasteiger partial charge < -0.3 is 0 Å². The zero-order valence-electron chi connectivity index (χ0n) is 16.5. The largest absolute Gasteiger partial charge is 0.332 e. The van der Waals surface area contributed by atoms with Gasteiger partial charge in [-0.15, -0.1) is 0 Å². The molecule has 0 aliphatic carbocycles. The Bertz CT molecular complexity index is 1260. The van der Waals surface area contributed by atoms with Gasteiger partial charge in [0.1, 0.15) is 0 Å². The lowest BCUT2D eigenvalue weighted by atomic mass is 10.2. The number of hydrogen-bond donors (Lipinski definition) is 0. The van der Waals surface area contributed by atoms with Crippen molar-refractivity contribution in [2.75, 3.05) is 5.01 Å². The number of nitrogens with zero attached hydrogens (tertiary/aromatic N) is 6. The molecule has 29 heavy (non-hydrogen) atoms. The number of benzene rings is 1. The number of aromatic nitrogens is 4. The molecule has 3 aromatic rings. The molecule has 0 bridgehead atoms. The number of allylic oxidation sites excluding steroid dienone is 2. The van der Waals surface area contributed by atoms with Crippen LogP contribution < -0.4 is 16.3 Å². The first-order chi connectivity index (χ1) is 13.9. The third kappa shape index (κ3) is 3.29. The molecule has 0 amide bonds. The van der Waals surface area contributed by atoms with Gasteiger partial charge in [0.15, 0.2) is 11.2 Å². The fraction of sp³-hybridized carbons (Fsp3) is 0.300. The van der Waals surface area contributed by atoms with Gasteiger partial charge in [-0.2, -0.15) is 10.1 Å². The summed E-state index contributed by atoms with van der Waals surface area (Å²) in [4.78, 5) is 30.4. The average molecular weight is 413 g/mol. The SMILES string of the molecule is CC=CCn1c(=O)c2c(nc3n2CC(C)=NN3Cc2ccc(Cl)cc2)n(C)c1=O. The van der Waals surface area contributed by atoms with Crippen molar-refractivity contribution in [3.05, 3.63) is 67.8 Å². The zero-order valence-corrected chi connectivity index (χ0v) is 17.2. The van der Waals surface area contributed by atoms with Crippen molar-refractivity contribution in [2.24, 2.45) is 12.1 Å². The van der Waals surface area contributed by atoms with Crippen molar-refractivity contribution in [3.8, 4) is 0 Å². The van der Waals surface area contributed by atoms with Crippen molar-refractivity contribution in [3.63, 3.8) is 0 Å². The smallest absolute Gasteiger partial charge is 0.297 e. The molecule has 150 valence electrons. The lowest BCUT2D eigenvalue weighted by Gasteiger charge is -2.25. The van der Waals surface area contributed by atoms with E-state index < -0.39 is 5.69 Å². The topological polar surface area (TPSA) is 77.4 Å². The van der Waals surface area contributed by atoms with E-state index in [0.717, 1.165) is 11.3 Å². The van der Waals surface area contributed by atoms with Crippen LogP contribution >= 0.6 is 11.6 Å². The lowest BCUT2D eigenvalue weighted by molar-refractivity contribution is 0.662. The van der Waals surface area contributed by atoms with Crippen LogP contribution in [0.1, 0.15) is 19.4 Å². The summed E-state index contributed by atoms with van der Waals surface area (Å²) in [5, 5.41) is 7.03. The number of fused-ring (bicyclic) bond motifs is 3. The molecule has 8 nitrogen and oxygen atoms in total. The molecule has 2 aromatic heterocycles. The van der Waals surface area contributed by atoms with Crippen LogP contribution in [0.5, 0.6) is 0 Å². The Balaban J connectivity index is 1.89. The van der Waals surface area contributed by atoms with E-state index in [0.29, 0.717) is 35.2 Å². The van der Waals surface area contributed by atoms with Gasteiger partial charge in [0, 0.05) is 18.6 Å². The number of aryl methyl sites for hydroxylation is 1. The molecule has 4 rings (SSSR count). The predicted molar refractivity (Wildman–Crippen MR) is 115 cm³/mol. The monoisotopic (exact) mass is 412 g/mol. The first kappa shape index (κ1) is 19.2. The Kier molecular flexibility index (Phi) is 4.87. The van der Waals surface area contributed by atoms with Gasteiger partial charge in [0.05, 0.1) is 18.8 Å². The molecule has 0 fully saturated rings. The molecule has 0 radical (unpaired) electrons. The molecule has 1 aliphatic rings. The maximum absolute atomic E-state index is 13.1. The highest BCUT2D eigenvalue weighted by Crippen LogP contribution is 2.25. The molecule has 3 heterocycles. The van der Waals surface area contributed by atoms with E-state index in [1.807, 2.05) is 48.8 Å². The van der Waals surface area contributed by atoms with Gasteiger partial charge in [-0.25, -0.2) is 9.80 Å². The van der Waals surface area contributed by atoms with Crippen molar-refractivity contribution in [1.29, 1.82) is 0 Å². The maximum atomic E-state index is 13.1. The molecule has 0 atom stereocenters. The van der Waals surface area contributed by atoms with Crippen LogP contribution in [-0.4, -0.2) is 24.4 Å². The summed E-state index contributed by atoms with van der Waals surface area (Å²) in [6.45, 7) is 4.89. The van der Waals surface area contributed by atoms with Crippen LogP contribution in [-0.2, 0) is 26.7 Å². The van der Waals surface area contributed by atoms with Crippen molar-refractivity contribution in [2.45, 2.75) is 33.5 Å². The summed E-state index contributed by atoms with van der Waals surface area (Å²) in [5.74, 6) is 0.538. The summed E-state index contributed by atoms with van der Waals surface area (Å²) in [5.41, 5.74) is 1.88. The van der Waals surface area contributed by atoms with Gasteiger partial charge in [-0.1, -0.05) is 35.9 Å². The van der Waals surface area contributed by atoms with E-state index in [1.54, 1.807) is 18.1 Å². The lowest BCUT2D eigenvalue weighted by Crippen LogP contribution is -2.39. The standard InChI is InChI=1S/C20H21ClN6O2/c1-4-5-10-25-18(28)16-17(24(3)20(25)29)22-19-26(16)11-13(2)23-27(19)12-14-6-8-15(21)9-7-14/h4-9H,10-12H2,1-3H3. The Morgan fingerprint density at radius 2 is 1.93 bits per heavy atom. The van der Waals surface area contributed by atoms with E-state index in [1.165, 1.54) is 9.13 Å². The summed E-state index contributed by atoms with van der Waals surface area (Å²) in [6, 6.07) is 7.50. The third-order valence-corrected chi connectivity index (χ3v) is 5.14. The van der Waals surface area contributed by atoms with E-state index in [9.17, 15) is 9.59 Å². The van der Waals surface area contributed by atoms with E-state index >= 15 is 0 Å². The average Bonchev–Trinajstić information content (AvgIpc) is 3.08. The molecule has 9 heteroatoms. The highest BCUT2D eigenvalue weighted by molar-refractivity contribution is 6.30. The minimum Gasteiger partial charge on any atom is -0.297 e. The summed E-state index contributed by atoms with van der Waals surface area (Å²) >= 11 is 5.98. The van der Waals surface area contributed by atoms with Crippen LogP contribution in [0.4, 0.5) is 5.95 Å². The normalized spacial score (nSPS) is 13.9. The molecule has 1 aliphatic heterocycles. The summed E-state index contributed by atoms with van der Waals surface area (Å²) in [7, 11) is 1.63. The maximum Gasteiger partial charge on any atom is 0.332 e. The van der Waals surface area contributed by atoms with Crippen molar-refractivity contribution < 1.29 is 0 Å². The van der Waals surface area contributed by atoms with Crippen LogP contribution in [0.2, 0.25) is 5.02 Å². The van der Waals surface area contributed by atoms with Gasteiger partial charge in [0.25, 0.3) is 5.56 Å². The van der Waals surface area contributed by atoms with Crippen LogP contribution in [0.25, 0.3) is 11.2 Å². The highest BCUT2D eigenvalue weighted by atomic mass is 35.5. The fourth-order valence-corrected chi connectivity index (χ4v) is 3.58. The molecular weight excluding hydrogens is 392 g/mol. The third-order valence-electron chi connectivity index (χ3n) is 4.89. The molecule has 0 unspecified atom stereocenters. The van der Waals surface area contributed by atoms with E-state index in [4.69, 9.17) is 11.6 Å². The Labute approximate surface area is 172 Å². The first-order valence-electron chi connectivity index (χ1n) is 9.28. The second-order valence-electron chi connectivity index (χ2n) is 7.02. The van der Waals surface area contributed by atoms with Crippen LogP contribution in [0.3, 0.4) is 0 Å². The van der Waals surface area contributed by atoms with Gasteiger partial charge >= 0.3 is 5.69 Å². The molecule has 0 spiro atoms. The minimum absolute atomic E-state index is 0.222. The summed E-state index contributed by atoms with van der Waals surface area (Å²) < 4.78 is 4.48. The minimum atomic E-state index is -0.391. The zero-order chi connectivity index (χ0) is 20.7. The number of hydrazone groups is 1. The van der Waals surface area contributed by atoms with Gasteiger partial charge in [0.2, 0.25) is 5.95 Å². The predicted octanol–water partition coefficient (Wildman–Crippen LogP) is 2.52. The number of rotatable bonds is 4. The van der Waals surface area contributed by atoms with Crippen LogP contribution in [0.15, 0.2) is 51.1 Å². The Morgan fingerprint density at radius 1 is 1.21 bits per heavy atom. The number of imidazole rings is 1. The van der Waals surface area contributed by atoms with Crippen molar-refractivity contribution >= 4 is 34.4 Å². The Morgan fingerprint density at radius 3 is 2.62 bits per heavy atom. The fourth-order valence-electron chi connectivity index (χ4n) is 3.46. The number of hydrogen-bond acceptors (Lipinski definition) is 5. The summed E-state index contributed by atoms with van der Waals surface area (Å²) in [6.07, 6.45) is 3.59. The highest BCUT2D eigenvalue weighted by Gasteiger charge is 2.26. The molecular formula is C20H21ClN6O2. The Hall–Kier alpha value is -3.13. The van der Waals surface area contributed by atoms with Crippen molar-refractivity contribution in [1.82, 2.24) is 18.7 Å². The van der Waals surface area contributed by atoms with E-state index in [2.05, 4.69) is 10.1 Å². The van der Waals surface area contributed by atoms with Crippen LogP contribution in [0, 0.1) is 0 Å². The molecule has 0 N–H and O–H groups in total. The van der Waals surface area contributed by atoms with E-state index in [-0.39, 0.29) is 12.1 Å². The second kappa shape index (κ2) is 7.36. The number of anilines is 1. The number of halogens is 1. The quantitative estimate of drug-likeness (QED) is 0.617. The second-order valence-corrected chi connectivity index (χ2v) is 7.45.